The van der Waals surface area contributed by atoms with E-state index in [0.29, 0.717) is 21.9 Å². The van der Waals surface area contributed by atoms with Gasteiger partial charge in [0.25, 0.3) is 5.91 Å². The topological polar surface area (TPSA) is 192 Å². The first-order valence-corrected chi connectivity index (χ1v) is 18.1. The van der Waals surface area contributed by atoms with Gasteiger partial charge in [0.15, 0.2) is 5.82 Å². The molecule has 4 amide bonds. The number of carbonyl (C=O) groups is 4. The maximum atomic E-state index is 15.4. The number of piperidine rings is 2. The zero-order valence-electron chi connectivity index (χ0n) is 27.6. The number of aryl methyl sites for hydroxylation is 1. The van der Waals surface area contributed by atoms with Crippen molar-refractivity contribution in [3.63, 3.8) is 0 Å². The Morgan fingerprint density at radius 1 is 1.00 bits per heavy atom. The third-order valence-electron chi connectivity index (χ3n) is 9.96. The molecule has 3 aliphatic rings. The molecule has 1 unspecified atom stereocenters. The highest BCUT2D eigenvalue weighted by atomic mass is 32.2. The van der Waals surface area contributed by atoms with E-state index in [2.05, 4.69) is 15.5 Å². The number of phenolic OH excluding ortho intramolecular Hbond substituents is 1. The third-order valence-corrected chi connectivity index (χ3v) is 11.3. The molecule has 4 N–H and O–H groups in total. The predicted octanol–water partition coefficient (Wildman–Crippen LogP) is 2.09. The molecule has 0 aliphatic carbocycles. The van der Waals surface area contributed by atoms with E-state index in [1.54, 1.807) is 16.3 Å². The van der Waals surface area contributed by atoms with E-state index < -0.39 is 51.9 Å². The van der Waals surface area contributed by atoms with Gasteiger partial charge in [0.1, 0.15) is 24.0 Å². The highest BCUT2D eigenvalue weighted by molar-refractivity contribution is 7.92. The smallest absolute Gasteiger partial charge is 0.329 e. The summed E-state index contributed by atoms with van der Waals surface area (Å²) in [7, 11) is -2.65. The van der Waals surface area contributed by atoms with Crippen molar-refractivity contribution in [2.45, 2.75) is 50.5 Å². The minimum Gasteiger partial charge on any atom is -0.506 e. The fraction of sp³-hybridized carbons (Fsp3) is 0.382. The first-order valence-electron chi connectivity index (χ1n) is 16.7. The fourth-order valence-corrected chi connectivity index (χ4v) is 8.50. The third kappa shape index (κ3) is 6.42. The Bertz CT molecular complexity index is 2290. The summed E-state index contributed by atoms with van der Waals surface area (Å²) in [5.41, 5.74) is 1.97. The molecule has 7 rings (SSSR count). The number of rotatable bonds is 8. The van der Waals surface area contributed by atoms with Crippen molar-refractivity contribution < 1.29 is 37.1 Å². The van der Waals surface area contributed by atoms with E-state index in [4.69, 9.17) is 0 Å². The molecule has 4 heterocycles. The Labute approximate surface area is 291 Å². The van der Waals surface area contributed by atoms with Crippen molar-refractivity contribution in [3.8, 4) is 5.75 Å². The van der Waals surface area contributed by atoms with Crippen molar-refractivity contribution in [1.82, 2.24) is 24.1 Å². The number of aromatic nitrogens is 2. The molecule has 3 aliphatic heterocycles. The molecule has 4 aromatic rings. The standard InChI is InChI=1S/C34H36FN7O8S/c1-39-26-16-20(4-7-24(26)42(34(39)48)25-8-9-29(45)37-33(25)47)19-10-13-40(14-11-19)12-2-3-28(44)36-22-5-6-23-21(15-22)17-27(43)32(31(23)35)41-18-30(46)38-51(41,49)50/h4-7,15-17,19,25,43H,2-3,8-14,18H2,1H3,(H,36,44)(H,38,46)(H,37,45,47). The summed E-state index contributed by atoms with van der Waals surface area (Å²) in [5.74, 6) is -3.27. The molecule has 17 heteroatoms. The second-order valence-corrected chi connectivity index (χ2v) is 14.8. The molecule has 3 fully saturated rings. The van der Waals surface area contributed by atoms with Crippen LogP contribution in [0, 0.1) is 5.82 Å². The van der Waals surface area contributed by atoms with Crippen LogP contribution in [0.1, 0.15) is 56.0 Å². The Morgan fingerprint density at radius 2 is 1.76 bits per heavy atom. The number of nitrogens with zero attached hydrogens (tertiary/aromatic N) is 4. The van der Waals surface area contributed by atoms with Gasteiger partial charge < -0.3 is 15.3 Å². The lowest BCUT2D eigenvalue weighted by Crippen LogP contribution is -2.44. The number of benzene rings is 3. The number of amides is 4. The quantitative estimate of drug-likeness (QED) is 0.197. The molecule has 268 valence electrons. The van der Waals surface area contributed by atoms with Crippen LogP contribution in [0.4, 0.5) is 15.8 Å². The number of phenols is 1. The highest BCUT2D eigenvalue weighted by Crippen LogP contribution is 2.39. The van der Waals surface area contributed by atoms with Gasteiger partial charge in [-0.05, 0) is 98.6 Å². The number of nitrogens with one attached hydrogen (secondary N) is 3. The molecule has 0 spiro atoms. The number of likely N-dealkylation sites (tertiary alicyclic amines) is 1. The molecule has 3 aromatic carbocycles. The van der Waals surface area contributed by atoms with Gasteiger partial charge >= 0.3 is 15.9 Å². The number of anilines is 2. The zero-order valence-corrected chi connectivity index (χ0v) is 28.5. The highest BCUT2D eigenvalue weighted by Gasteiger charge is 2.38. The SMILES string of the molecule is Cn1c(=O)n(C2CCC(=O)NC2=O)c2ccc(C3CCN(CCCC(=O)Nc4ccc5c(F)c(N6CC(=O)NS6(=O)=O)c(O)cc5c4)CC3)cc21. The number of fused-ring (bicyclic) bond motifs is 2. The van der Waals surface area contributed by atoms with E-state index >= 15 is 4.39 Å². The number of imidazole rings is 1. The molecule has 1 atom stereocenters. The monoisotopic (exact) mass is 721 g/mol. The number of aromatic hydroxyl groups is 1. The molecule has 15 nitrogen and oxygen atoms in total. The summed E-state index contributed by atoms with van der Waals surface area (Å²) < 4.78 is 45.0. The fourth-order valence-electron chi connectivity index (χ4n) is 7.34. The summed E-state index contributed by atoms with van der Waals surface area (Å²) in [6, 6.07) is 10.7. The van der Waals surface area contributed by atoms with Crippen LogP contribution < -0.4 is 25.4 Å². The molecule has 0 radical (unpaired) electrons. The molecule has 3 saturated heterocycles. The molecular formula is C34H36FN7O8S. The summed E-state index contributed by atoms with van der Waals surface area (Å²) in [4.78, 5) is 63.9. The first kappa shape index (κ1) is 34.2. The summed E-state index contributed by atoms with van der Waals surface area (Å²) >= 11 is 0. The van der Waals surface area contributed by atoms with Gasteiger partial charge in [-0.3, -0.25) is 33.6 Å². The van der Waals surface area contributed by atoms with Gasteiger partial charge in [-0.1, -0.05) is 6.07 Å². The van der Waals surface area contributed by atoms with Crippen molar-refractivity contribution in [2.24, 2.45) is 7.05 Å². The van der Waals surface area contributed by atoms with Gasteiger partial charge in [-0.15, -0.1) is 0 Å². The lowest BCUT2D eigenvalue weighted by Gasteiger charge is -2.32. The Kier molecular flexibility index (Phi) is 8.79. The van der Waals surface area contributed by atoms with Crippen LogP contribution in [0.15, 0.2) is 47.3 Å². The largest absolute Gasteiger partial charge is 0.506 e. The second-order valence-electron chi connectivity index (χ2n) is 13.2. The van der Waals surface area contributed by atoms with Gasteiger partial charge in [0.2, 0.25) is 17.7 Å². The minimum absolute atomic E-state index is 0.00773. The average molecular weight is 722 g/mol. The number of halogens is 1. The average Bonchev–Trinajstić information content (AvgIpc) is 3.49. The summed E-state index contributed by atoms with van der Waals surface area (Å²) in [5, 5.41) is 15.8. The van der Waals surface area contributed by atoms with E-state index in [0.717, 1.165) is 43.6 Å². The van der Waals surface area contributed by atoms with Crippen LogP contribution >= 0.6 is 0 Å². The molecule has 1 aromatic heterocycles. The first-order chi connectivity index (χ1) is 24.3. The Hall–Kier alpha value is -5.29. The lowest BCUT2D eigenvalue weighted by atomic mass is 9.89. The number of carbonyl (C=O) groups excluding carboxylic acids is 4. The van der Waals surface area contributed by atoms with Gasteiger partial charge in [0, 0.05) is 31.0 Å². The number of hydrogen-bond donors (Lipinski definition) is 4. The van der Waals surface area contributed by atoms with Crippen LogP contribution in [0.5, 0.6) is 5.75 Å². The van der Waals surface area contributed by atoms with Crippen molar-refractivity contribution in [3.05, 3.63) is 64.3 Å². The summed E-state index contributed by atoms with van der Waals surface area (Å²) in [6.07, 6.45) is 3.13. The van der Waals surface area contributed by atoms with Crippen molar-refractivity contribution >= 4 is 67.0 Å². The van der Waals surface area contributed by atoms with Gasteiger partial charge in [0.05, 0.1) is 11.0 Å². The van der Waals surface area contributed by atoms with Gasteiger partial charge in [-0.2, -0.15) is 8.42 Å². The lowest BCUT2D eigenvalue weighted by molar-refractivity contribution is -0.135. The number of imide groups is 1. The van der Waals surface area contributed by atoms with Crippen LogP contribution in [0.3, 0.4) is 0 Å². The van der Waals surface area contributed by atoms with Crippen LogP contribution in [0.25, 0.3) is 21.8 Å². The van der Waals surface area contributed by atoms with Gasteiger partial charge in [-0.25, -0.2) is 18.2 Å². The molecule has 0 saturated carbocycles. The maximum Gasteiger partial charge on any atom is 0.329 e. The van der Waals surface area contributed by atoms with E-state index in [-0.39, 0.29) is 53.5 Å². The van der Waals surface area contributed by atoms with E-state index in [9.17, 15) is 37.5 Å². The Morgan fingerprint density at radius 3 is 2.47 bits per heavy atom. The minimum atomic E-state index is -4.33. The van der Waals surface area contributed by atoms with Crippen molar-refractivity contribution in [2.75, 3.05) is 35.8 Å². The van der Waals surface area contributed by atoms with Crippen LogP contribution in [0.2, 0.25) is 0 Å². The second kappa shape index (κ2) is 13.1. The normalized spacial score (nSPS) is 19.8. The molecule has 0 bridgehead atoms. The predicted molar refractivity (Wildman–Crippen MR) is 185 cm³/mol. The summed E-state index contributed by atoms with van der Waals surface area (Å²) in [6.45, 7) is 1.74. The van der Waals surface area contributed by atoms with E-state index in [1.807, 2.05) is 18.2 Å². The Balaban J connectivity index is 0.924. The maximum absolute atomic E-state index is 15.4. The van der Waals surface area contributed by atoms with Crippen molar-refractivity contribution in [1.29, 1.82) is 0 Å². The molecule has 51 heavy (non-hydrogen) atoms. The van der Waals surface area contributed by atoms with Crippen LogP contribution in [-0.4, -0.2) is 77.4 Å². The number of hydrogen-bond acceptors (Lipinski definition) is 9. The van der Waals surface area contributed by atoms with E-state index in [1.165, 1.54) is 28.8 Å². The molecular weight excluding hydrogens is 685 g/mol. The van der Waals surface area contributed by atoms with Crippen LogP contribution in [-0.2, 0) is 36.4 Å². The zero-order chi connectivity index (χ0) is 36.2.